The fourth-order valence-corrected chi connectivity index (χ4v) is 3.56. The highest BCUT2D eigenvalue weighted by Crippen LogP contribution is 2.22. The fourth-order valence-electron chi connectivity index (χ4n) is 2.65. The molecule has 5 nitrogen and oxygen atoms in total. The van der Waals surface area contributed by atoms with E-state index in [4.69, 9.17) is 0 Å². The van der Waals surface area contributed by atoms with Crippen LogP contribution in [0.5, 0.6) is 0 Å². The van der Waals surface area contributed by atoms with Gasteiger partial charge < -0.3 is 5.32 Å². The summed E-state index contributed by atoms with van der Waals surface area (Å²) in [6, 6.07) is 11.8. The predicted molar refractivity (Wildman–Crippen MR) is 98.6 cm³/mol. The zero-order chi connectivity index (χ0) is 17.1. The Kier molecular flexibility index (Phi) is 4.85. The van der Waals surface area contributed by atoms with Gasteiger partial charge in [-0.1, -0.05) is 36.0 Å². The van der Waals surface area contributed by atoms with Gasteiger partial charge in [-0.15, -0.1) is 0 Å². The predicted octanol–water partition coefficient (Wildman–Crippen LogP) is 2.80. The Morgan fingerprint density at radius 1 is 1.25 bits per heavy atom. The molecule has 0 unspecified atom stereocenters. The third-order valence-corrected chi connectivity index (χ3v) is 4.79. The number of hydrogen-bond acceptors (Lipinski definition) is 4. The highest BCUT2D eigenvalue weighted by molar-refractivity contribution is 7.99. The van der Waals surface area contributed by atoms with Crippen LogP contribution < -0.4 is 10.9 Å². The third-order valence-electron chi connectivity index (χ3n) is 3.81. The number of rotatable bonds is 5. The lowest BCUT2D eigenvalue weighted by Gasteiger charge is -2.12. The Hall–Kier alpha value is -2.34. The summed E-state index contributed by atoms with van der Waals surface area (Å²) in [4.78, 5) is 28.4. The largest absolute Gasteiger partial charge is 0.356 e. The van der Waals surface area contributed by atoms with E-state index in [1.165, 1.54) is 18.7 Å². The summed E-state index contributed by atoms with van der Waals surface area (Å²) in [5.41, 5.74) is 0.695. The highest BCUT2D eigenvalue weighted by Gasteiger charge is 2.11. The second kappa shape index (κ2) is 7.05. The number of thioether (sulfide) groups is 1. The average Bonchev–Trinajstić information content (AvgIpc) is 2.57. The van der Waals surface area contributed by atoms with E-state index >= 15 is 0 Å². The summed E-state index contributed by atoms with van der Waals surface area (Å²) in [6.07, 6.45) is 0. The van der Waals surface area contributed by atoms with Crippen molar-refractivity contribution in [3.63, 3.8) is 0 Å². The fraction of sp³-hybridized carbons (Fsp3) is 0.278. The quantitative estimate of drug-likeness (QED) is 0.335. The van der Waals surface area contributed by atoms with Crippen molar-refractivity contribution >= 4 is 39.3 Å². The minimum atomic E-state index is -0.0542. The summed E-state index contributed by atoms with van der Waals surface area (Å²) in [5.74, 6) is 0.617. The Morgan fingerprint density at radius 2 is 1.96 bits per heavy atom. The number of fused-ring (bicyclic) bond motifs is 2. The van der Waals surface area contributed by atoms with Crippen molar-refractivity contribution in [1.29, 1.82) is 0 Å². The van der Waals surface area contributed by atoms with Crippen molar-refractivity contribution in [1.82, 2.24) is 14.9 Å². The maximum atomic E-state index is 12.8. The number of aromatic nitrogens is 2. The number of carbonyl (C=O) groups excluding carboxylic acids is 1. The van der Waals surface area contributed by atoms with Crippen molar-refractivity contribution in [3.05, 3.63) is 46.8 Å². The summed E-state index contributed by atoms with van der Waals surface area (Å²) in [6.45, 7) is 4.55. The maximum Gasteiger partial charge on any atom is 0.262 e. The van der Waals surface area contributed by atoms with Crippen LogP contribution in [0.3, 0.4) is 0 Å². The zero-order valence-electron chi connectivity index (χ0n) is 13.7. The van der Waals surface area contributed by atoms with Gasteiger partial charge in [0.15, 0.2) is 5.16 Å². The molecule has 2 aromatic carbocycles. The molecule has 0 fully saturated rings. The standard InChI is InChI=1S/C18H19N3O2S/c1-3-21-17(23)15-10-13-6-4-5-7-14(13)11-16(15)20-18(21)24-9-8-19-12(2)22/h4-7,10-11H,3,8-9H2,1-2H3,(H,19,22). The lowest BCUT2D eigenvalue weighted by atomic mass is 10.1. The SMILES string of the molecule is CCn1c(SCCNC(C)=O)nc2cc3ccccc3cc2c1=O. The normalized spacial score (nSPS) is 11.1. The van der Waals surface area contributed by atoms with E-state index in [-0.39, 0.29) is 11.5 Å². The minimum Gasteiger partial charge on any atom is -0.356 e. The number of nitrogens with zero attached hydrogens (tertiary/aromatic N) is 2. The van der Waals surface area contributed by atoms with Crippen LogP contribution >= 0.6 is 11.8 Å². The molecule has 0 aliphatic carbocycles. The molecule has 0 spiro atoms. The van der Waals surface area contributed by atoms with Crippen LogP contribution in [0.4, 0.5) is 0 Å². The second-order valence-corrected chi connectivity index (χ2v) is 6.55. The first kappa shape index (κ1) is 16.5. The second-order valence-electron chi connectivity index (χ2n) is 5.49. The molecule has 1 heterocycles. The maximum absolute atomic E-state index is 12.8. The Labute approximate surface area is 144 Å². The molecule has 0 saturated carbocycles. The molecule has 124 valence electrons. The molecule has 1 amide bonds. The van der Waals surface area contributed by atoms with Gasteiger partial charge in [0.2, 0.25) is 5.91 Å². The van der Waals surface area contributed by atoms with Crippen LogP contribution in [0.15, 0.2) is 46.3 Å². The van der Waals surface area contributed by atoms with E-state index in [1.807, 2.05) is 43.3 Å². The minimum absolute atomic E-state index is 0.0183. The van der Waals surface area contributed by atoms with Gasteiger partial charge >= 0.3 is 0 Å². The van der Waals surface area contributed by atoms with Crippen molar-refractivity contribution < 1.29 is 4.79 Å². The Morgan fingerprint density at radius 3 is 2.62 bits per heavy atom. The van der Waals surface area contributed by atoms with Gasteiger partial charge in [-0.25, -0.2) is 4.98 Å². The third kappa shape index (κ3) is 3.28. The molecule has 0 bridgehead atoms. The number of nitrogens with one attached hydrogen (secondary N) is 1. The molecule has 3 aromatic rings. The van der Waals surface area contributed by atoms with Gasteiger partial charge in [0, 0.05) is 25.8 Å². The van der Waals surface area contributed by atoms with E-state index in [2.05, 4.69) is 10.3 Å². The lowest BCUT2D eigenvalue weighted by molar-refractivity contribution is -0.118. The van der Waals surface area contributed by atoms with Gasteiger partial charge in [-0.05, 0) is 29.8 Å². The number of amides is 1. The molecule has 0 saturated heterocycles. The molecular formula is C18H19N3O2S. The van der Waals surface area contributed by atoms with E-state index in [0.29, 0.717) is 34.9 Å². The van der Waals surface area contributed by atoms with Crippen LogP contribution in [0.2, 0.25) is 0 Å². The highest BCUT2D eigenvalue weighted by atomic mass is 32.2. The van der Waals surface area contributed by atoms with Gasteiger partial charge in [0.05, 0.1) is 10.9 Å². The topological polar surface area (TPSA) is 64.0 Å². The average molecular weight is 341 g/mol. The van der Waals surface area contributed by atoms with E-state index in [9.17, 15) is 9.59 Å². The van der Waals surface area contributed by atoms with Crippen molar-refractivity contribution in [2.75, 3.05) is 12.3 Å². The molecule has 0 atom stereocenters. The molecule has 0 aliphatic rings. The van der Waals surface area contributed by atoms with Crippen LogP contribution in [-0.4, -0.2) is 27.8 Å². The van der Waals surface area contributed by atoms with E-state index in [1.54, 1.807) is 4.57 Å². The summed E-state index contributed by atoms with van der Waals surface area (Å²) in [5, 5.41) is 6.19. The van der Waals surface area contributed by atoms with Crippen molar-refractivity contribution in [2.45, 2.75) is 25.5 Å². The van der Waals surface area contributed by atoms with Crippen LogP contribution in [0, 0.1) is 0 Å². The molecule has 24 heavy (non-hydrogen) atoms. The zero-order valence-corrected chi connectivity index (χ0v) is 14.5. The smallest absolute Gasteiger partial charge is 0.262 e. The molecular weight excluding hydrogens is 322 g/mol. The first-order valence-electron chi connectivity index (χ1n) is 7.90. The monoisotopic (exact) mass is 341 g/mol. The Bertz CT molecular complexity index is 966. The van der Waals surface area contributed by atoms with Crippen LogP contribution in [0.1, 0.15) is 13.8 Å². The van der Waals surface area contributed by atoms with Gasteiger partial charge in [0.1, 0.15) is 0 Å². The lowest BCUT2D eigenvalue weighted by Crippen LogP contribution is -2.25. The summed E-state index contributed by atoms with van der Waals surface area (Å²) < 4.78 is 1.69. The summed E-state index contributed by atoms with van der Waals surface area (Å²) in [7, 11) is 0. The first-order valence-corrected chi connectivity index (χ1v) is 8.89. The number of hydrogen-bond donors (Lipinski definition) is 1. The molecule has 1 N–H and O–H groups in total. The van der Waals surface area contributed by atoms with Gasteiger partial charge in [-0.3, -0.25) is 14.2 Å². The number of benzene rings is 2. The molecule has 3 rings (SSSR count). The van der Waals surface area contributed by atoms with E-state index < -0.39 is 0 Å². The molecule has 1 aromatic heterocycles. The number of carbonyl (C=O) groups is 1. The Balaban J connectivity index is 2.03. The van der Waals surface area contributed by atoms with Crippen LogP contribution in [0.25, 0.3) is 21.7 Å². The first-order chi connectivity index (χ1) is 11.6. The molecule has 0 radical (unpaired) electrons. The van der Waals surface area contributed by atoms with Gasteiger partial charge in [-0.2, -0.15) is 0 Å². The summed E-state index contributed by atoms with van der Waals surface area (Å²) >= 11 is 1.49. The van der Waals surface area contributed by atoms with Gasteiger partial charge in [0.25, 0.3) is 5.56 Å². The van der Waals surface area contributed by atoms with Crippen molar-refractivity contribution in [3.8, 4) is 0 Å². The molecule has 6 heteroatoms. The van der Waals surface area contributed by atoms with E-state index in [0.717, 1.165) is 10.8 Å². The van der Waals surface area contributed by atoms with Crippen molar-refractivity contribution in [2.24, 2.45) is 0 Å². The van der Waals surface area contributed by atoms with Crippen LogP contribution in [-0.2, 0) is 11.3 Å². The molecule has 0 aliphatic heterocycles.